The molecule has 0 unspecified atom stereocenters. The van der Waals surface area contributed by atoms with E-state index in [-0.39, 0.29) is 5.70 Å². The van der Waals surface area contributed by atoms with E-state index in [0.29, 0.717) is 5.56 Å². The van der Waals surface area contributed by atoms with Crippen molar-refractivity contribution in [3.05, 3.63) is 144 Å². The molecule has 5 aromatic rings. The minimum absolute atomic E-state index is 0.298. The molecule has 1 aromatic heterocycles. The Bertz CT molecular complexity index is 1540. The zero-order valence-electron chi connectivity index (χ0n) is 19.8. The van der Waals surface area contributed by atoms with Gasteiger partial charge in [0.25, 0.3) is 5.70 Å². The Balaban J connectivity index is 1.39. The minimum Gasteiger partial charge on any atom is -0.486 e. The maximum Gasteiger partial charge on any atom is 0.333 e. The molecule has 0 aliphatic heterocycles. The lowest BCUT2D eigenvalue weighted by Gasteiger charge is -2.25. The predicted molar refractivity (Wildman–Crippen MR) is 152 cm³/mol. The van der Waals surface area contributed by atoms with Gasteiger partial charge in [-0.3, -0.25) is 4.79 Å². The van der Waals surface area contributed by atoms with Gasteiger partial charge in [0.15, 0.2) is 0 Å². The number of carboxylic acids is 1. The number of hydrogen-bond donors (Lipinski definition) is 1. The Morgan fingerprint density at radius 3 is 1.59 bits per heavy atom. The van der Waals surface area contributed by atoms with E-state index in [9.17, 15) is 4.79 Å². The van der Waals surface area contributed by atoms with Crippen LogP contribution in [-0.4, -0.2) is 11.1 Å². The number of thiophene rings is 1. The van der Waals surface area contributed by atoms with Crippen LogP contribution >= 0.6 is 11.3 Å². The highest BCUT2D eigenvalue weighted by Crippen LogP contribution is 2.38. The molecule has 178 valence electrons. The average Bonchev–Trinajstić information content (AvgIpc) is 3.44. The quantitative estimate of drug-likeness (QED) is 0.180. The zero-order chi connectivity index (χ0) is 25.6. The summed E-state index contributed by atoms with van der Waals surface area (Å²) in [7, 11) is 0. The molecule has 4 aromatic carbocycles. The standard InChI is InChI=1S/C32H22N2O2S/c1-33-29(32(35)36)22-23-12-14-24(15-13-23)30-20-21-31(37-30)25-16-18-28(19-17-25)34(26-8-4-2-5-9-26)27-10-6-3-7-11-27/h2-22H,(H,35,36)/b29-22-. The van der Waals surface area contributed by atoms with E-state index in [4.69, 9.17) is 11.7 Å². The molecule has 0 saturated carbocycles. The summed E-state index contributed by atoms with van der Waals surface area (Å²) in [6.45, 7) is 7.00. The van der Waals surface area contributed by atoms with Crippen LogP contribution in [0.15, 0.2) is 127 Å². The first-order valence-electron chi connectivity index (χ1n) is 11.7. The number of carbonyl (C=O) groups is 1. The van der Waals surface area contributed by atoms with Crippen LogP contribution in [0.1, 0.15) is 5.56 Å². The molecule has 0 spiro atoms. The SMILES string of the molecule is [C-]#[N+]/C(=C\c1ccc(-c2ccc(-c3ccc(N(c4ccccc4)c4ccccc4)cc3)s2)cc1)C(=O)O. The van der Waals surface area contributed by atoms with Crippen molar-refractivity contribution >= 4 is 40.4 Å². The Hall–Kier alpha value is -4.92. The van der Waals surface area contributed by atoms with E-state index in [1.807, 2.05) is 60.7 Å². The van der Waals surface area contributed by atoms with Crippen LogP contribution in [0.2, 0.25) is 0 Å². The highest BCUT2D eigenvalue weighted by molar-refractivity contribution is 7.18. The number of aliphatic carboxylic acids is 1. The molecule has 0 amide bonds. The van der Waals surface area contributed by atoms with Crippen molar-refractivity contribution in [2.45, 2.75) is 0 Å². The number of nitrogens with zero attached hydrogens (tertiary/aromatic N) is 2. The van der Waals surface area contributed by atoms with Gasteiger partial charge in [-0.05, 0) is 71.3 Å². The van der Waals surface area contributed by atoms with Crippen molar-refractivity contribution in [1.82, 2.24) is 0 Å². The van der Waals surface area contributed by atoms with Gasteiger partial charge in [0.1, 0.15) is 0 Å². The molecule has 37 heavy (non-hydrogen) atoms. The predicted octanol–water partition coefficient (Wildman–Crippen LogP) is 8.90. The summed E-state index contributed by atoms with van der Waals surface area (Å²) in [4.78, 5) is 18.7. The van der Waals surface area contributed by atoms with Gasteiger partial charge in [0.2, 0.25) is 0 Å². The van der Waals surface area contributed by atoms with Gasteiger partial charge in [-0.2, -0.15) is 0 Å². The Morgan fingerprint density at radius 1 is 0.676 bits per heavy atom. The van der Waals surface area contributed by atoms with Crippen LogP contribution in [0.4, 0.5) is 17.1 Å². The Morgan fingerprint density at radius 2 is 1.14 bits per heavy atom. The van der Waals surface area contributed by atoms with Gasteiger partial charge >= 0.3 is 5.97 Å². The van der Waals surface area contributed by atoms with Crippen LogP contribution in [0.25, 0.3) is 31.8 Å². The number of carboxylic acid groups (broad SMARTS) is 1. The van der Waals surface area contributed by atoms with Crippen LogP contribution in [0, 0.1) is 6.57 Å². The highest BCUT2D eigenvalue weighted by Gasteiger charge is 2.13. The fourth-order valence-electron chi connectivity index (χ4n) is 4.07. The Labute approximate surface area is 219 Å². The molecule has 0 saturated heterocycles. The van der Waals surface area contributed by atoms with Gasteiger partial charge in [-0.25, -0.2) is 4.85 Å². The molecule has 0 radical (unpaired) electrons. The van der Waals surface area contributed by atoms with Crippen molar-refractivity contribution in [2.75, 3.05) is 4.90 Å². The van der Waals surface area contributed by atoms with Gasteiger partial charge < -0.3 is 10.0 Å². The summed E-state index contributed by atoms with van der Waals surface area (Å²) >= 11 is 1.70. The second-order valence-electron chi connectivity index (χ2n) is 8.29. The van der Waals surface area contributed by atoms with E-state index in [0.717, 1.165) is 37.9 Å². The van der Waals surface area contributed by atoms with E-state index < -0.39 is 5.97 Å². The number of anilines is 3. The third-order valence-corrected chi connectivity index (χ3v) is 7.07. The summed E-state index contributed by atoms with van der Waals surface area (Å²) < 4.78 is 0. The van der Waals surface area contributed by atoms with Crippen molar-refractivity contribution in [3.63, 3.8) is 0 Å². The molecule has 5 rings (SSSR count). The third kappa shape index (κ3) is 5.35. The van der Waals surface area contributed by atoms with Crippen molar-refractivity contribution in [1.29, 1.82) is 0 Å². The summed E-state index contributed by atoms with van der Waals surface area (Å²) in [6.07, 6.45) is 1.38. The topological polar surface area (TPSA) is 44.9 Å². The number of hydrogen-bond acceptors (Lipinski definition) is 3. The fraction of sp³-hybridized carbons (Fsp3) is 0. The molecule has 4 nitrogen and oxygen atoms in total. The lowest BCUT2D eigenvalue weighted by atomic mass is 10.1. The summed E-state index contributed by atoms with van der Waals surface area (Å²) in [5.74, 6) is -1.22. The molecule has 1 heterocycles. The summed E-state index contributed by atoms with van der Waals surface area (Å²) in [5.41, 5.74) is 5.86. The maximum absolute atomic E-state index is 11.1. The number of benzene rings is 4. The molecule has 0 aliphatic rings. The second-order valence-corrected chi connectivity index (χ2v) is 9.37. The van der Waals surface area contributed by atoms with Crippen LogP contribution in [0.5, 0.6) is 0 Å². The van der Waals surface area contributed by atoms with Gasteiger partial charge in [-0.15, -0.1) is 11.3 Å². The highest BCUT2D eigenvalue weighted by atomic mass is 32.1. The van der Waals surface area contributed by atoms with Crippen LogP contribution in [0.3, 0.4) is 0 Å². The summed E-state index contributed by atoms with van der Waals surface area (Å²) in [6, 6.07) is 41.0. The molecule has 0 fully saturated rings. The van der Waals surface area contributed by atoms with Gasteiger partial charge in [0.05, 0.1) is 6.57 Å². The van der Waals surface area contributed by atoms with Crippen molar-refractivity contribution in [3.8, 4) is 20.9 Å². The maximum atomic E-state index is 11.1. The van der Waals surface area contributed by atoms with E-state index in [1.54, 1.807) is 11.3 Å². The van der Waals surface area contributed by atoms with E-state index in [2.05, 4.69) is 70.4 Å². The summed E-state index contributed by atoms with van der Waals surface area (Å²) in [5, 5.41) is 9.06. The van der Waals surface area contributed by atoms with E-state index in [1.165, 1.54) is 6.08 Å². The lowest BCUT2D eigenvalue weighted by Crippen LogP contribution is -2.09. The van der Waals surface area contributed by atoms with Crippen LogP contribution < -0.4 is 4.90 Å². The number of rotatable bonds is 7. The first-order valence-corrected chi connectivity index (χ1v) is 12.5. The monoisotopic (exact) mass is 498 g/mol. The van der Waals surface area contributed by atoms with Gasteiger partial charge in [0, 0.05) is 26.8 Å². The molecular formula is C32H22N2O2S. The number of para-hydroxylation sites is 2. The molecular weight excluding hydrogens is 476 g/mol. The molecule has 0 aliphatic carbocycles. The van der Waals surface area contributed by atoms with Crippen molar-refractivity contribution in [2.24, 2.45) is 0 Å². The van der Waals surface area contributed by atoms with E-state index >= 15 is 0 Å². The third-order valence-electron chi connectivity index (χ3n) is 5.88. The lowest BCUT2D eigenvalue weighted by molar-refractivity contribution is -0.132. The van der Waals surface area contributed by atoms with Crippen LogP contribution in [-0.2, 0) is 4.79 Å². The zero-order valence-corrected chi connectivity index (χ0v) is 20.6. The first kappa shape index (κ1) is 23.8. The smallest absolute Gasteiger partial charge is 0.333 e. The average molecular weight is 499 g/mol. The molecule has 0 bridgehead atoms. The second kappa shape index (κ2) is 10.8. The van der Waals surface area contributed by atoms with Crippen molar-refractivity contribution < 1.29 is 9.90 Å². The molecule has 0 atom stereocenters. The minimum atomic E-state index is -1.22. The molecule has 1 N–H and O–H groups in total. The first-order chi connectivity index (χ1) is 18.1. The molecule has 5 heteroatoms. The largest absolute Gasteiger partial charge is 0.486 e. The Kier molecular flexibility index (Phi) is 6.93. The fourth-order valence-corrected chi connectivity index (χ4v) is 5.08. The van der Waals surface area contributed by atoms with Gasteiger partial charge in [-0.1, -0.05) is 72.8 Å². The normalized spacial score (nSPS) is 11.1.